The van der Waals surface area contributed by atoms with Gasteiger partial charge in [-0.15, -0.1) is 0 Å². The first kappa shape index (κ1) is 21.5. The topological polar surface area (TPSA) is 68.0 Å². The zero-order valence-electron chi connectivity index (χ0n) is 18.5. The van der Waals surface area contributed by atoms with Gasteiger partial charge in [-0.05, 0) is 56.2 Å². The number of benzene rings is 2. The molecule has 4 aromatic rings. The van der Waals surface area contributed by atoms with Crippen molar-refractivity contribution >= 4 is 22.6 Å². The average molecular weight is 435 g/mol. The molecule has 0 spiro atoms. The molecule has 0 saturated carbocycles. The number of rotatable bonds is 7. The summed E-state index contributed by atoms with van der Waals surface area (Å²) in [4.78, 5) is 19.0. The van der Waals surface area contributed by atoms with Crippen LogP contribution in [0.25, 0.3) is 10.9 Å². The summed E-state index contributed by atoms with van der Waals surface area (Å²) in [6.45, 7) is 5.61. The Morgan fingerprint density at radius 3 is 2.66 bits per heavy atom. The molecule has 0 unspecified atom stereocenters. The van der Waals surface area contributed by atoms with Crippen molar-refractivity contribution in [1.29, 1.82) is 0 Å². The van der Waals surface area contributed by atoms with Crippen LogP contribution in [-0.2, 0) is 20.1 Å². The third-order valence-electron chi connectivity index (χ3n) is 5.60. The number of aryl methyl sites for hydroxylation is 4. The summed E-state index contributed by atoms with van der Waals surface area (Å²) in [5, 5.41) is 8.54. The first-order valence-electron chi connectivity index (χ1n) is 10.6. The average Bonchev–Trinajstić information content (AvgIpc) is 3.32. The third-order valence-corrected chi connectivity index (χ3v) is 5.60. The Morgan fingerprint density at radius 1 is 1.16 bits per heavy atom. The second-order valence-corrected chi connectivity index (χ2v) is 7.94. The fourth-order valence-corrected chi connectivity index (χ4v) is 3.81. The maximum atomic E-state index is 13.4. The number of hydrogen-bond donors (Lipinski definition) is 1. The van der Waals surface area contributed by atoms with Crippen molar-refractivity contribution in [1.82, 2.24) is 24.6 Å². The van der Waals surface area contributed by atoms with Gasteiger partial charge in [-0.2, -0.15) is 5.10 Å². The highest BCUT2D eigenvalue weighted by Gasteiger charge is 2.18. The lowest BCUT2D eigenvalue weighted by Gasteiger charge is -2.24. The SMILES string of the molecule is Cc1nn(C)c2cc(N(Cc3ccc(F)cc3)C(=O)NCCCn3cncc3C)ccc12. The first-order chi connectivity index (χ1) is 15.4. The maximum Gasteiger partial charge on any atom is 0.322 e. The number of amides is 2. The highest BCUT2D eigenvalue weighted by Crippen LogP contribution is 2.25. The van der Waals surface area contributed by atoms with Crippen molar-refractivity contribution in [3.8, 4) is 0 Å². The van der Waals surface area contributed by atoms with E-state index >= 15 is 0 Å². The molecule has 32 heavy (non-hydrogen) atoms. The number of hydrogen-bond acceptors (Lipinski definition) is 3. The van der Waals surface area contributed by atoms with Crippen LogP contribution in [0.3, 0.4) is 0 Å². The zero-order chi connectivity index (χ0) is 22.7. The lowest BCUT2D eigenvalue weighted by Crippen LogP contribution is -2.40. The summed E-state index contributed by atoms with van der Waals surface area (Å²) in [7, 11) is 1.89. The van der Waals surface area contributed by atoms with Gasteiger partial charge in [0.25, 0.3) is 0 Å². The van der Waals surface area contributed by atoms with Crippen LogP contribution in [-0.4, -0.2) is 31.9 Å². The lowest BCUT2D eigenvalue weighted by atomic mass is 10.1. The van der Waals surface area contributed by atoms with E-state index in [0.29, 0.717) is 13.1 Å². The van der Waals surface area contributed by atoms with E-state index in [0.717, 1.165) is 46.5 Å². The van der Waals surface area contributed by atoms with Crippen molar-refractivity contribution in [2.45, 2.75) is 33.4 Å². The molecule has 0 fully saturated rings. The van der Waals surface area contributed by atoms with Crippen LogP contribution < -0.4 is 10.2 Å². The molecule has 8 heteroatoms. The van der Waals surface area contributed by atoms with Crippen molar-refractivity contribution in [3.63, 3.8) is 0 Å². The summed E-state index contributed by atoms with van der Waals surface area (Å²) in [6.07, 6.45) is 4.40. The standard InChI is InChI=1S/C24H27FN6O/c1-17-14-26-16-30(17)12-4-11-27-24(32)31(15-19-5-7-20(25)8-6-19)21-9-10-22-18(2)28-29(3)23(22)13-21/h5-10,13-14,16H,4,11-12,15H2,1-3H3,(H,27,32). The quantitative estimate of drug-likeness (QED) is 0.440. The second-order valence-electron chi connectivity index (χ2n) is 7.94. The smallest absolute Gasteiger partial charge is 0.322 e. The lowest BCUT2D eigenvalue weighted by molar-refractivity contribution is 0.245. The molecule has 7 nitrogen and oxygen atoms in total. The number of halogens is 1. The maximum absolute atomic E-state index is 13.4. The van der Waals surface area contributed by atoms with Crippen LogP contribution in [0.1, 0.15) is 23.4 Å². The van der Waals surface area contributed by atoms with Crippen LogP contribution in [0, 0.1) is 19.7 Å². The minimum absolute atomic E-state index is 0.199. The summed E-state index contributed by atoms with van der Waals surface area (Å²) < 4.78 is 17.2. The summed E-state index contributed by atoms with van der Waals surface area (Å²) in [6, 6.07) is 11.9. The minimum atomic E-state index is -0.300. The molecule has 4 rings (SSSR count). The van der Waals surface area contributed by atoms with Crippen LogP contribution in [0.15, 0.2) is 55.0 Å². The van der Waals surface area contributed by atoms with E-state index in [-0.39, 0.29) is 11.8 Å². The Hall–Kier alpha value is -3.68. The normalized spacial score (nSPS) is 11.1. The fourth-order valence-electron chi connectivity index (χ4n) is 3.81. The number of aromatic nitrogens is 4. The third kappa shape index (κ3) is 4.64. The molecule has 0 atom stereocenters. The van der Waals surface area contributed by atoms with Crippen molar-refractivity contribution < 1.29 is 9.18 Å². The van der Waals surface area contributed by atoms with Gasteiger partial charge in [0.1, 0.15) is 5.82 Å². The molecule has 1 N–H and O–H groups in total. The van der Waals surface area contributed by atoms with Gasteiger partial charge in [0, 0.05) is 43.1 Å². The number of carbonyl (C=O) groups is 1. The first-order valence-corrected chi connectivity index (χ1v) is 10.6. The van der Waals surface area contributed by atoms with E-state index in [1.807, 2.05) is 50.0 Å². The molecule has 2 aromatic carbocycles. The molecular weight excluding hydrogens is 407 g/mol. The molecule has 0 aliphatic carbocycles. The zero-order valence-corrected chi connectivity index (χ0v) is 18.5. The Labute approximate surface area is 186 Å². The predicted octanol–water partition coefficient (Wildman–Crippen LogP) is 4.33. The second kappa shape index (κ2) is 9.21. The summed E-state index contributed by atoms with van der Waals surface area (Å²) >= 11 is 0. The van der Waals surface area contributed by atoms with Crippen molar-refractivity contribution in [2.24, 2.45) is 7.05 Å². The number of imidazole rings is 1. The van der Waals surface area contributed by atoms with E-state index in [1.165, 1.54) is 12.1 Å². The van der Waals surface area contributed by atoms with Crippen molar-refractivity contribution in [3.05, 3.63) is 77.8 Å². The van der Waals surface area contributed by atoms with Gasteiger partial charge in [0.05, 0.1) is 24.1 Å². The number of anilines is 1. The Kier molecular flexibility index (Phi) is 6.20. The van der Waals surface area contributed by atoms with Crippen molar-refractivity contribution in [2.75, 3.05) is 11.4 Å². The molecule has 0 saturated heterocycles. The fraction of sp³-hybridized carbons (Fsp3) is 0.292. The van der Waals surface area contributed by atoms with Gasteiger partial charge in [-0.3, -0.25) is 9.58 Å². The monoisotopic (exact) mass is 434 g/mol. The van der Waals surface area contributed by atoms with E-state index in [2.05, 4.69) is 20.0 Å². The van der Waals surface area contributed by atoms with Gasteiger partial charge in [0.15, 0.2) is 0 Å². The minimum Gasteiger partial charge on any atom is -0.338 e. The molecule has 0 aliphatic heterocycles. The van der Waals surface area contributed by atoms with Gasteiger partial charge in [-0.25, -0.2) is 14.2 Å². The molecule has 2 heterocycles. The Bertz CT molecular complexity index is 1230. The molecule has 0 radical (unpaired) electrons. The van der Waals surface area contributed by atoms with Crippen LogP contribution >= 0.6 is 0 Å². The van der Waals surface area contributed by atoms with Gasteiger partial charge < -0.3 is 9.88 Å². The highest BCUT2D eigenvalue weighted by atomic mass is 19.1. The molecule has 0 aliphatic rings. The summed E-state index contributed by atoms with van der Waals surface area (Å²) in [5.41, 5.74) is 4.59. The molecule has 2 aromatic heterocycles. The van der Waals surface area contributed by atoms with Crippen LogP contribution in [0.4, 0.5) is 14.9 Å². The Morgan fingerprint density at radius 2 is 1.94 bits per heavy atom. The number of carbonyl (C=O) groups excluding carboxylic acids is 1. The van der Waals surface area contributed by atoms with Gasteiger partial charge in [0.2, 0.25) is 0 Å². The molecule has 166 valence electrons. The van der Waals surface area contributed by atoms with E-state index < -0.39 is 0 Å². The number of nitrogens with one attached hydrogen (secondary N) is 1. The highest BCUT2D eigenvalue weighted by molar-refractivity contribution is 5.95. The van der Waals surface area contributed by atoms with E-state index in [4.69, 9.17) is 0 Å². The number of fused-ring (bicyclic) bond motifs is 1. The van der Waals surface area contributed by atoms with E-state index in [1.54, 1.807) is 23.4 Å². The molecule has 0 bridgehead atoms. The number of urea groups is 1. The summed E-state index contributed by atoms with van der Waals surface area (Å²) in [5.74, 6) is -0.300. The van der Waals surface area contributed by atoms with Crippen LogP contribution in [0.5, 0.6) is 0 Å². The molecular formula is C24H27FN6O. The number of nitrogens with zero attached hydrogens (tertiary/aromatic N) is 5. The molecule has 2 amide bonds. The largest absolute Gasteiger partial charge is 0.338 e. The van der Waals surface area contributed by atoms with Gasteiger partial charge >= 0.3 is 6.03 Å². The van der Waals surface area contributed by atoms with Gasteiger partial charge in [-0.1, -0.05) is 12.1 Å². The predicted molar refractivity (Wildman–Crippen MR) is 123 cm³/mol. The van der Waals surface area contributed by atoms with E-state index in [9.17, 15) is 9.18 Å². The van der Waals surface area contributed by atoms with Crippen LogP contribution in [0.2, 0.25) is 0 Å². The Balaban J connectivity index is 1.53.